The predicted molar refractivity (Wildman–Crippen MR) is 89.6 cm³/mol. The number of carbonyl (C=O) groups excluding carboxylic acids is 1. The van der Waals surface area contributed by atoms with E-state index in [-0.39, 0.29) is 0 Å². The van der Waals surface area contributed by atoms with Crippen molar-refractivity contribution in [2.24, 2.45) is 0 Å². The van der Waals surface area contributed by atoms with E-state index in [1.54, 1.807) is 26.4 Å². The van der Waals surface area contributed by atoms with Crippen molar-refractivity contribution in [3.8, 4) is 22.6 Å². The summed E-state index contributed by atoms with van der Waals surface area (Å²) in [6.45, 7) is 1.27. The molecule has 0 radical (unpaired) electrons. The van der Waals surface area contributed by atoms with Crippen LogP contribution in [0.1, 0.15) is 28.6 Å². The van der Waals surface area contributed by atoms with Crippen LogP contribution in [-0.4, -0.2) is 33.7 Å². The van der Waals surface area contributed by atoms with E-state index in [1.165, 1.54) is 0 Å². The molecule has 1 heterocycles. The summed E-state index contributed by atoms with van der Waals surface area (Å²) in [5.74, 6) is 1.33. The summed E-state index contributed by atoms with van der Waals surface area (Å²) in [6, 6.07) is 11.0. The summed E-state index contributed by atoms with van der Waals surface area (Å²) in [4.78, 5) is 11.5. The highest BCUT2D eigenvalue weighted by Gasteiger charge is 2.24. The van der Waals surface area contributed by atoms with Gasteiger partial charge in [-0.1, -0.05) is 18.2 Å². The Hall–Kier alpha value is -2.37. The highest BCUT2D eigenvalue weighted by atomic mass is 16.7. The molecule has 0 aromatic heterocycles. The van der Waals surface area contributed by atoms with Crippen LogP contribution in [0.25, 0.3) is 11.1 Å². The minimum Gasteiger partial charge on any atom is -0.497 e. The van der Waals surface area contributed by atoms with Crippen molar-refractivity contribution in [3.05, 3.63) is 47.5 Å². The van der Waals surface area contributed by atoms with Crippen LogP contribution in [0.15, 0.2) is 36.4 Å². The van der Waals surface area contributed by atoms with Gasteiger partial charge in [-0.2, -0.15) is 0 Å². The van der Waals surface area contributed by atoms with Crippen molar-refractivity contribution in [2.75, 3.05) is 27.4 Å². The van der Waals surface area contributed by atoms with Gasteiger partial charge in [-0.05, 0) is 30.2 Å². The molecule has 0 amide bonds. The maximum absolute atomic E-state index is 11.5. The minimum atomic E-state index is -0.492. The van der Waals surface area contributed by atoms with E-state index in [4.69, 9.17) is 18.9 Å². The highest BCUT2D eigenvalue weighted by molar-refractivity contribution is 5.91. The van der Waals surface area contributed by atoms with Crippen molar-refractivity contribution < 1.29 is 23.7 Å². The average Bonchev–Trinajstić information content (AvgIpc) is 2.67. The second kappa shape index (κ2) is 7.47. The molecule has 5 heteroatoms. The Labute approximate surface area is 141 Å². The summed E-state index contributed by atoms with van der Waals surface area (Å²) in [6.07, 6.45) is 1.20. The SMILES string of the molecule is COc1ccc(-c2c(C=O)cccc2OC)c(C2OCCCO2)c1. The van der Waals surface area contributed by atoms with E-state index in [2.05, 4.69) is 0 Å². The number of rotatable bonds is 5. The summed E-state index contributed by atoms with van der Waals surface area (Å²) in [5, 5.41) is 0. The number of benzene rings is 2. The van der Waals surface area contributed by atoms with Gasteiger partial charge in [-0.15, -0.1) is 0 Å². The lowest BCUT2D eigenvalue weighted by molar-refractivity contribution is -0.182. The molecule has 0 unspecified atom stereocenters. The molecule has 1 aliphatic heterocycles. The van der Waals surface area contributed by atoms with Crippen LogP contribution in [0.4, 0.5) is 0 Å². The zero-order valence-electron chi connectivity index (χ0n) is 13.8. The van der Waals surface area contributed by atoms with Gasteiger partial charge in [-0.25, -0.2) is 0 Å². The van der Waals surface area contributed by atoms with Gasteiger partial charge < -0.3 is 18.9 Å². The molecular weight excluding hydrogens is 308 g/mol. The Bertz CT molecular complexity index is 720. The Morgan fingerprint density at radius 1 is 1.08 bits per heavy atom. The van der Waals surface area contributed by atoms with Crippen LogP contribution < -0.4 is 9.47 Å². The fourth-order valence-electron chi connectivity index (χ4n) is 2.86. The molecule has 126 valence electrons. The first-order valence-electron chi connectivity index (χ1n) is 7.82. The van der Waals surface area contributed by atoms with E-state index in [0.29, 0.717) is 30.3 Å². The Kier molecular flexibility index (Phi) is 5.13. The average molecular weight is 328 g/mol. The fraction of sp³-hybridized carbons (Fsp3) is 0.316. The Balaban J connectivity index is 2.19. The highest BCUT2D eigenvalue weighted by Crippen LogP contribution is 2.40. The van der Waals surface area contributed by atoms with Gasteiger partial charge in [0.05, 0.1) is 27.4 Å². The summed E-state index contributed by atoms with van der Waals surface area (Å²) >= 11 is 0. The maximum Gasteiger partial charge on any atom is 0.184 e. The largest absolute Gasteiger partial charge is 0.497 e. The van der Waals surface area contributed by atoms with Gasteiger partial charge >= 0.3 is 0 Å². The summed E-state index contributed by atoms with van der Waals surface area (Å²) in [5.41, 5.74) is 2.94. The molecule has 0 aliphatic carbocycles. The minimum absolute atomic E-state index is 0.492. The second-order valence-corrected chi connectivity index (χ2v) is 5.42. The van der Waals surface area contributed by atoms with Crippen molar-refractivity contribution >= 4 is 6.29 Å². The van der Waals surface area contributed by atoms with Crippen molar-refractivity contribution in [3.63, 3.8) is 0 Å². The van der Waals surface area contributed by atoms with E-state index < -0.39 is 6.29 Å². The molecule has 1 aliphatic rings. The number of hydrogen-bond acceptors (Lipinski definition) is 5. The molecule has 2 aromatic carbocycles. The molecule has 2 aromatic rings. The number of aldehydes is 1. The maximum atomic E-state index is 11.5. The van der Waals surface area contributed by atoms with Crippen molar-refractivity contribution in [1.82, 2.24) is 0 Å². The van der Waals surface area contributed by atoms with Gasteiger partial charge in [-0.3, -0.25) is 4.79 Å². The molecule has 0 atom stereocenters. The van der Waals surface area contributed by atoms with Crippen molar-refractivity contribution in [1.29, 1.82) is 0 Å². The van der Waals surface area contributed by atoms with Gasteiger partial charge in [0.25, 0.3) is 0 Å². The second-order valence-electron chi connectivity index (χ2n) is 5.42. The van der Waals surface area contributed by atoms with E-state index in [9.17, 15) is 4.79 Å². The van der Waals surface area contributed by atoms with Crippen LogP contribution in [0.3, 0.4) is 0 Å². The van der Waals surface area contributed by atoms with Gasteiger partial charge in [0.1, 0.15) is 11.5 Å². The fourth-order valence-corrected chi connectivity index (χ4v) is 2.86. The third-order valence-electron chi connectivity index (χ3n) is 4.01. The van der Waals surface area contributed by atoms with Crippen LogP contribution >= 0.6 is 0 Å². The summed E-state index contributed by atoms with van der Waals surface area (Å²) in [7, 11) is 3.20. The molecule has 1 saturated heterocycles. The van der Waals surface area contributed by atoms with E-state index in [1.807, 2.05) is 24.3 Å². The molecule has 3 rings (SSSR count). The Morgan fingerprint density at radius 3 is 2.54 bits per heavy atom. The first-order chi connectivity index (χ1) is 11.8. The zero-order valence-corrected chi connectivity index (χ0v) is 13.8. The lowest BCUT2D eigenvalue weighted by Gasteiger charge is -2.26. The monoisotopic (exact) mass is 328 g/mol. The first kappa shape index (κ1) is 16.5. The quantitative estimate of drug-likeness (QED) is 0.785. The molecule has 1 fully saturated rings. The molecule has 0 N–H and O–H groups in total. The number of carbonyl (C=O) groups is 1. The molecule has 24 heavy (non-hydrogen) atoms. The van der Waals surface area contributed by atoms with Crippen LogP contribution in [0.2, 0.25) is 0 Å². The standard InChI is InChI=1S/C19H20O5/c1-21-14-7-8-15(16(11-14)19-23-9-4-10-24-19)18-13(12-20)5-3-6-17(18)22-2/h3,5-8,11-12,19H,4,9-10H2,1-2H3. The predicted octanol–water partition coefficient (Wildman–Crippen LogP) is 3.62. The lowest BCUT2D eigenvalue weighted by atomic mass is 9.94. The normalized spacial score (nSPS) is 15.1. The van der Waals surface area contributed by atoms with Crippen LogP contribution in [0, 0.1) is 0 Å². The number of ether oxygens (including phenoxy) is 4. The van der Waals surface area contributed by atoms with Crippen LogP contribution in [0.5, 0.6) is 11.5 Å². The van der Waals surface area contributed by atoms with Gasteiger partial charge in [0.2, 0.25) is 0 Å². The molecule has 0 saturated carbocycles. The zero-order chi connectivity index (χ0) is 16.9. The van der Waals surface area contributed by atoms with Gasteiger partial charge in [0.15, 0.2) is 12.6 Å². The third-order valence-corrected chi connectivity index (χ3v) is 4.01. The number of hydrogen-bond donors (Lipinski definition) is 0. The Morgan fingerprint density at radius 2 is 1.88 bits per heavy atom. The lowest BCUT2D eigenvalue weighted by Crippen LogP contribution is -2.18. The van der Waals surface area contributed by atoms with Gasteiger partial charge in [0, 0.05) is 16.7 Å². The van der Waals surface area contributed by atoms with E-state index in [0.717, 1.165) is 29.4 Å². The summed E-state index contributed by atoms with van der Waals surface area (Å²) < 4.78 is 22.3. The van der Waals surface area contributed by atoms with Crippen LogP contribution in [-0.2, 0) is 9.47 Å². The molecule has 0 bridgehead atoms. The van der Waals surface area contributed by atoms with E-state index >= 15 is 0 Å². The first-order valence-corrected chi connectivity index (χ1v) is 7.82. The topological polar surface area (TPSA) is 54.0 Å². The molecular formula is C19H20O5. The van der Waals surface area contributed by atoms with Crippen molar-refractivity contribution in [2.45, 2.75) is 12.7 Å². The molecule has 5 nitrogen and oxygen atoms in total. The number of methoxy groups -OCH3 is 2. The molecule has 0 spiro atoms. The third kappa shape index (κ3) is 3.13. The smallest absolute Gasteiger partial charge is 0.184 e.